The Morgan fingerprint density at radius 1 is 1.15 bits per heavy atom. The summed E-state index contributed by atoms with van der Waals surface area (Å²) in [5.41, 5.74) is 2.79. The second-order valence-corrected chi connectivity index (χ2v) is 7.02. The zero-order valence-electron chi connectivity index (χ0n) is 15.0. The number of aliphatic hydroxyl groups excluding tert-OH is 1. The number of benzene rings is 1. The highest BCUT2D eigenvalue weighted by molar-refractivity contribution is 5.79. The molecule has 0 bridgehead atoms. The Morgan fingerprint density at radius 2 is 2.07 bits per heavy atom. The Morgan fingerprint density at radius 3 is 3.00 bits per heavy atom. The van der Waals surface area contributed by atoms with Crippen molar-refractivity contribution in [3.63, 3.8) is 0 Å². The Hall–Kier alpha value is -2.80. The first-order valence-electron chi connectivity index (χ1n) is 9.45. The quantitative estimate of drug-likeness (QED) is 0.766. The van der Waals surface area contributed by atoms with E-state index < -0.39 is 0 Å². The zero-order chi connectivity index (χ0) is 18.2. The summed E-state index contributed by atoms with van der Waals surface area (Å²) < 4.78 is 12.8. The number of rotatable bonds is 4. The van der Waals surface area contributed by atoms with Gasteiger partial charge in [-0.05, 0) is 49.4 Å². The minimum atomic E-state index is 0.205. The number of hydrogen-bond acceptors (Lipinski definition) is 6. The van der Waals surface area contributed by atoms with E-state index in [1.54, 1.807) is 0 Å². The number of aromatic nitrogens is 3. The van der Waals surface area contributed by atoms with Crippen LogP contribution >= 0.6 is 0 Å². The van der Waals surface area contributed by atoms with Crippen molar-refractivity contribution in [2.24, 2.45) is 0 Å². The average molecular weight is 366 g/mol. The van der Waals surface area contributed by atoms with Gasteiger partial charge in [-0.15, -0.1) is 0 Å². The summed E-state index contributed by atoms with van der Waals surface area (Å²) in [6.45, 7) is 1.44. The predicted molar refractivity (Wildman–Crippen MR) is 101 cm³/mol. The molecule has 4 heterocycles. The van der Waals surface area contributed by atoms with Crippen LogP contribution in [0.4, 0.5) is 5.82 Å². The highest BCUT2D eigenvalue weighted by atomic mass is 16.7. The molecule has 1 fully saturated rings. The SMILES string of the molecule is OCCC1CCCCN1c1ccnc2c(-c3ccc4c(c3)OCO4)cnn12. The zero-order valence-corrected chi connectivity index (χ0v) is 15.0. The van der Waals surface area contributed by atoms with Crippen molar-refractivity contribution in [2.45, 2.75) is 31.7 Å². The van der Waals surface area contributed by atoms with Gasteiger partial charge in [0.15, 0.2) is 17.1 Å². The Labute approximate surface area is 157 Å². The molecule has 1 N–H and O–H groups in total. The highest BCUT2D eigenvalue weighted by Crippen LogP contribution is 2.37. The van der Waals surface area contributed by atoms with Crippen LogP contribution in [0.25, 0.3) is 16.8 Å². The van der Waals surface area contributed by atoms with Crippen molar-refractivity contribution >= 4 is 11.5 Å². The molecule has 0 saturated carbocycles. The summed E-state index contributed by atoms with van der Waals surface area (Å²) in [7, 11) is 0. The molecule has 1 saturated heterocycles. The van der Waals surface area contributed by atoms with Crippen molar-refractivity contribution in [3.05, 3.63) is 36.7 Å². The van der Waals surface area contributed by atoms with Gasteiger partial charge >= 0.3 is 0 Å². The van der Waals surface area contributed by atoms with Crippen molar-refractivity contribution in [2.75, 3.05) is 24.8 Å². The molecule has 1 aromatic carbocycles. The average Bonchev–Trinajstić information content (AvgIpc) is 3.34. The number of nitrogens with zero attached hydrogens (tertiary/aromatic N) is 4. The van der Waals surface area contributed by atoms with E-state index in [0.717, 1.165) is 59.9 Å². The maximum Gasteiger partial charge on any atom is 0.231 e. The lowest BCUT2D eigenvalue weighted by Crippen LogP contribution is -2.41. The molecule has 7 heteroatoms. The van der Waals surface area contributed by atoms with E-state index >= 15 is 0 Å². The van der Waals surface area contributed by atoms with E-state index in [1.807, 2.05) is 41.2 Å². The standard InChI is InChI=1S/C20H22N4O3/c25-10-7-15-3-1-2-9-23(15)19-6-8-21-20-16(12-22-24(19)20)14-4-5-17-18(11-14)27-13-26-17/h4-6,8,11-12,15,25H,1-3,7,9-10,13H2. The van der Waals surface area contributed by atoms with Crippen LogP contribution in [0.5, 0.6) is 11.5 Å². The van der Waals surface area contributed by atoms with Crippen LogP contribution in [0.2, 0.25) is 0 Å². The monoisotopic (exact) mass is 366 g/mol. The van der Waals surface area contributed by atoms with Gasteiger partial charge in [-0.1, -0.05) is 6.07 Å². The first-order valence-corrected chi connectivity index (χ1v) is 9.45. The van der Waals surface area contributed by atoms with Gasteiger partial charge in [-0.2, -0.15) is 9.61 Å². The minimum Gasteiger partial charge on any atom is -0.454 e. The van der Waals surface area contributed by atoms with E-state index in [1.165, 1.54) is 6.42 Å². The number of ether oxygens (including phenoxy) is 2. The molecule has 1 unspecified atom stereocenters. The Bertz CT molecular complexity index is 969. The summed E-state index contributed by atoms with van der Waals surface area (Å²) in [4.78, 5) is 6.96. The fourth-order valence-corrected chi connectivity index (χ4v) is 4.12. The summed E-state index contributed by atoms with van der Waals surface area (Å²) >= 11 is 0. The van der Waals surface area contributed by atoms with Crippen LogP contribution in [-0.4, -0.2) is 45.7 Å². The molecule has 7 nitrogen and oxygen atoms in total. The van der Waals surface area contributed by atoms with Crippen LogP contribution in [0.3, 0.4) is 0 Å². The summed E-state index contributed by atoms with van der Waals surface area (Å²) in [5.74, 6) is 2.55. The summed E-state index contributed by atoms with van der Waals surface area (Å²) in [6.07, 6.45) is 7.93. The largest absolute Gasteiger partial charge is 0.454 e. The fraction of sp³-hybridized carbons (Fsp3) is 0.400. The molecule has 0 amide bonds. The lowest BCUT2D eigenvalue weighted by Gasteiger charge is -2.37. The third-order valence-electron chi connectivity index (χ3n) is 5.45. The van der Waals surface area contributed by atoms with Gasteiger partial charge in [0.05, 0.1) is 6.20 Å². The van der Waals surface area contributed by atoms with Crippen LogP contribution < -0.4 is 14.4 Å². The fourth-order valence-electron chi connectivity index (χ4n) is 4.12. The summed E-state index contributed by atoms with van der Waals surface area (Å²) in [6, 6.07) is 8.26. The van der Waals surface area contributed by atoms with Gasteiger partial charge < -0.3 is 19.5 Å². The van der Waals surface area contributed by atoms with Gasteiger partial charge in [0.1, 0.15) is 5.82 Å². The van der Waals surface area contributed by atoms with Crippen molar-refractivity contribution in [3.8, 4) is 22.6 Å². The molecule has 140 valence electrons. The summed E-state index contributed by atoms with van der Waals surface area (Å²) in [5, 5.41) is 14.1. The smallest absolute Gasteiger partial charge is 0.231 e. The molecular formula is C20H22N4O3. The lowest BCUT2D eigenvalue weighted by molar-refractivity contribution is 0.174. The van der Waals surface area contributed by atoms with Crippen molar-refractivity contribution in [1.29, 1.82) is 0 Å². The molecular weight excluding hydrogens is 344 g/mol. The number of piperidine rings is 1. The van der Waals surface area contributed by atoms with E-state index in [4.69, 9.17) is 9.47 Å². The predicted octanol–water partition coefficient (Wildman–Crippen LogP) is 2.87. The molecule has 1 atom stereocenters. The molecule has 2 aliphatic heterocycles. The maximum atomic E-state index is 9.44. The molecule has 0 spiro atoms. The number of aliphatic hydroxyl groups is 1. The molecule has 2 aromatic heterocycles. The van der Waals surface area contributed by atoms with Crippen molar-refractivity contribution < 1.29 is 14.6 Å². The molecule has 3 aromatic rings. The van der Waals surface area contributed by atoms with E-state index in [2.05, 4.69) is 15.0 Å². The molecule has 0 aliphatic carbocycles. The van der Waals surface area contributed by atoms with E-state index in [-0.39, 0.29) is 13.4 Å². The number of fused-ring (bicyclic) bond motifs is 2. The van der Waals surface area contributed by atoms with Crippen LogP contribution in [0.1, 0.15) is 25.7 Å². The van der Waals surface area contributed by atoms with E-state index in [9.17, 15) is 5.11 Å². The van der Waals surface area contributed by atoms with Crippen LogP contribution in [0, 0.1) is 0 Å². The minimum absolute atomic E-state index is 0.205. The second-order valence-electron chi connectivity index (χ2n) is 7.02. The van der Waals surface area contributed by atoms with Crippen LogP contribution in [-0.2, 0) is 0 Å². The highest BCUT2D eigenvalue weighted by Gasteiger charge is 2.25. The van der Waals surface area contributed by atoms with E-state index in [0.29, 0.717) is 6.04 Å². The normalized spacial score (nSPS) is 19.0. The molecule has 0 radical (unpaired) electrons. The first kappa shape index (κ1) is 16.4. The third kappa shape index (κ3) is 2.78. The molecule has 27 heavy (non-hydrogen) atoms. The molecule has 5 rings (SSSR count). The maximum absolute atomic E-state index is 9.44. The Balaban J connectivity index is 1.57. The number of anilines is 1. The van der Waals surface area contributed by atoms with Gasteiger partial charge in [-0.25, -0.2) is 4.98 Å². The van der Waals surface area contributed by atoms with Crippen molar-refractivity contribution in [1.82, 2.24) is 14.6 Å². The lowest BCUT2D eigenvalue weighted by atomic mass is 9.99. The number of hydrogen-bond donors (Lipinski definition) is 1. The topological polar surface area (TPSA) is 72.1 Å². The van der Waals surface area contributed by atoms with Gasteiger partial charge in [0, 0.05) is 31.0 Å². The van der Waals surface area contributed by atoms with Gasteiger partial charge in [-0.3, -0.25) is 0 Å². The Kier molecular flexibility index (Phi) is 4.09. The van der Waals surface area contributed by atoms with Gasteiger partial charge in [0.2, 0.25) is 6.79 Å². The second kappa shape index (κ2) is 6.74. The third-order valence-corrected chi connectivity index (χ3v) is 5.45. The molecule has 2 aliphatic rings. The first-order chi connectivity index (χ1) is 13.3. The van der Waals surface area contributed by atoms with Gasteiger partial charge in [0.25, 0.3) is 0 Å². The van der Waals surface area contributed by atoms with Crippen LogP contribution in [0.15, 0.2) is 36.7 Å².